The average Bonchev–Trinajstić information content (AvgIpc) is 2.63. The first-order valence-electron chi connectivity index (χ1n) is 5.00. The highest BCUT2D eigenvalue weighted by atomic mass is 35.5. The predicted molar refractivity (Wildman–Crippen MR) is 66.3 cm³/mol. The van der Waals surface area contributed by atoms with Crippen LogP contribution in [0.2, 0.25) is 0 Å². The number of carbonyl (C=O) groups excluding carboxylic acids is 2. The Bertz CT molecular complexity index is 407. The van der Waals surface area contributed by atoms with Gasteiger partial charge in [0.2, 0.25) is 11.0 Å². The second kappa shape index (κ2) is 6.51. The van der Waals surface area contributed by atoms with Gasteiger partial charge in [-0.3, -0.25) is 15.4 Å². The standard InChI is InChI=1S/C9H13ClN4O2S/c1-5(2)3-7-13-14-9(17-7)12-8(16)11-6(15)4-10/h5H,3-4H2,1-2H3,(H2,11,12,14,15,16). The van der Waals surface area contributed by atoms with Crippen molar-refractivity contribution >= 4 is 40.0 Å². The highest BCUT2D eigenvalue weighted by Gasteiger charge is 2.10. The van der Waals surface area contributed by atoms with E-state index in [1.54, 1.807) is 0 Å². The van der Waals surface area contributed by atoms with Crippen molar-refractivity contribution in [3.63, 3.8) is 0 Å². The Hall–Kier alpha value is -1.21. The van der Waals surface area contributed by atoms with Crippen LogP contribution in [0.3, 0.4) is 0 Å². The summed E-state index contributed by atoms with van der Waals surface area (Å²) in [7, 11) is 0. The highest BCUT2D eigenvalue weighted by molar-refractivity contribution is 7.15. The zero-order chi connectivity index (χ0) is 12.8. The van der Waals surface area contributed by atoms with Crippen molar-refractivity contribution < 1.29 is 9.59 Å². The van der Waals surface area contributed by atoms with Gasteiger partial charge in [0.25, 0.3) is 0 Å². The second-order valence-corrected chi connectivity index (χ2v) is 5.06. The molecule has 0 aliphatic carbocycles. The molecule has 0 radical (unpaired) electrons. The molecule has 0 spiro atoms. The minimum atomic E-state index is -0.650. The number of alkyl halides is 1. The minimum Gasteiger partial charge on any atom is -0.282 e. The number of rotatable bonds is 4. The Morgan fingerprint density at radius 1 is 1.41 bits per heavy atom. The lowest BCUT2D eigenvalue weighted by Crippen LogP contribution is -2.35. The molecule has 0 aliphatic heterocycles. The van der Waals surface area contributed by atoms with Gasteiger partial charge in [0.1, 0.15) is 10.9 Å². The van der Waals surface area contributed by atoms with E-state index in [9.17, 15) is 9.59 Å². The number of urea groups is 1. The molecule has 0 bridgehead atoms. The van der Waals surface area contributed by atoms with E-state index in [4.69, 9.17) is 11.6 Å². The van der Waals surface area contributed by atoms with Crippen molar-refractivity contribution in [3.8, 4) is 0 Å². The maximum atomic E-state index is 11.3. The smallest absolute Gasteiger partial charge is 0.282 e. The third-order valence-corrected chi connectivity index (χ3v) is 2.75. The molecule has 3 amide bonds. The molecule has 1 aromatic heterocycles. The molecule has 0 saturated carbocycles. The number of carbonyl (C=O) groups is 2. The fraction of sp³-hybridized carbons (Fsp3) is 0.556. The number of hydrogen-bond acceptors (Lipinski definition) is 5. The van der Waals surface area contributed by atoms with Gasteiger partial charge in [-0.05, 0) is 5.92 Å². The van der Waals surface area contributed by atoms with Gasteiger partial charge in [0.15, 0.2) is 0 Å². The molecule has 1 heterocycles. The highest BCUT2D eigenvalue weighted by Crippen LogP contribution is 2.17. The summed E-state index contributed by atoms with van der Waals surface area (Å²) in [6, 6.07) is -0.650. The summed E-state index contributed by atoms with van der Waals surface area (Å²) < 4.78 is 0. The van der Waals surface area contributed by atoms with Gasteiger partial charge in [-0.15, -0.1) is 21.8 Å². The number of anilines is 1. The number of imide groups is 1. The Morgan fingerprint density at radius 2 is 2.12 bits per heavy atom. The predicted octanol–water partition coefficient (Wildman–Crippen LogP) is 1.62. The maximum absolute atomic E-state index is 11.3. The first kappa shape index (κ1) is 13.9. The van der Waals surface area contributed by atoms with Crippen LogP contribution < -0.4 is 10.6 Å². The largest absolute Gasteiger partial charge is 0.327 e. The monoisotopic (exact) mass is 276 g/mol. The molecule has 17 heavy (non-hydrogen) atoms. The molecule has 2 N–H and O–H groups in total. The van der Waals surface area contributed by atoms with Gasteiger partial charge >= 0.3 is 6.03 Å². The van der Waals surface area contributed by atoms with Crippen LogP contribution >= 0.6 is 22.9 Å². The van der Waals surface area contributed by atoms with Crippen LogP contribution in [0.1, 0.15) is 18.9 Å². The minimum absolute atomic E-state index is 0.262. The summed E-state index contributed by atoms with van der Waals surface area (Å²) in [5, 5.41) is 13.4. The third kappa shape index (κ3) is 5.10. The number of aromatic nitrogens is 2. The summed E-state index contributed by atoms with van der Waals surface area (Å²) in [6.07, 6.45) is 0.807. The Balaban J connectivity index is 2.48. The van der Waals surface area contributed by atoms with Crippen LogP contribution in [0.4, 0.5) is 9.93 Å². The van der Waals surface area contributed by atoms with Crippen molar-refractivity contribution in [2.24, 2.45) is 5.92 Å². The normalized spacial score (nSPS) is 10.4. The molecular weight excluding hydrogens is 264 g/mol. The van der Waals surface area contributed by atoms with Gasteiger partial charge in [-0.1, -0.05) is 25.2 Å². The first-order valence-corrected chi connectivity index (χ1v) is 6.35. The Kier molecular flexibility index (Phi) is 5.30. The molecule has 6 nitrogen and oxygen atoms in total. The van der Waals surface area contributed by atoms with Crippen LogP contribution in [-0.4, -0.2) is 28.0 Å². The van der Waals surface area contributed by atoms with E-state index in [0.717, 1.165) is 11.4 Å². The van der Waals surface area contributed by atoms with E-state index < -0.39 is 11.9 Å². The van der Waals surface area contributed by atoms with Gasteiger partial charge in [0.05, 0.1) is 0 Å². The molecular formula is C9H13ClN4O2S. The number of amides is 3. The van der Waals surface area contributed by atoms with Gasteiger partial charge in [0, 0.05) is 6.42 Å². The van der Waals surface area contributed by atoms with Crippen molar-refractivity contribution in [2.45, 2.75) is 20.3 Å². The number of hydrogen-bond donors (Lipinski definition) is 2. The van der Waals surface area contributed by atoms with E-state index >= 15 is 0 Å². The van der Waals surface area contributed by atoms with Crippen LogP contribution in [0.15, 0.2) is 0 Å². The molecule has 1 rings (SSSR count). The number of halogens is 1. The average molecular weight is 277 g/mol. The molecule has 0 saturated heterocycles. The van der Waals surface area contributed by atoms with Crippen molar-refractivity contribution in [1.82, 2.24) is 15.5 Å². The van der Waals surface area contributed by atoms with Crippen molar-refractivity contribution in [2.75, 3.05) is 11.2 Å². The quantitative estimate of drug-likeness (QED) is 0.819. The van der Waals surface area contributed by atoms with Gasteiger partial charge in [-0.25, -0.2) is 4.79 Å². The summed E-state index contributed by atoms with van der Waals surface area (Å²) in [4.78, 5) is 22.1. The van der Waals surface area contributed by atoms with Crippen molar-refractivity contribution in [3.05, 3.63) is 5.01 Å². The maximum Gasteiger partial charge on any atom is 0.327 e. The third-order valence-electron chi connectivity index (χ3n) is 1.64. The molecule has 0 fully saturated rings. The van der Waals surface area contributed by atoms with Crippen LogP contribution in [0, 0.1) is 5.92 Å². The van der Waals surface area contributed by atoms with E-state index in [2.05, 4.69) is 29.4 Å². The van der Waals surface area contributed by atoms with E-state index in [0.29, 0.717) is 11.0 Å². The summed E-state index contributed by atoms with van der Waals surface area (Å²) >= 11 is 6.53. The molecule has 0 unspecified atom stereocenters. The fourth-order valence-electron chi connectivity index (χ4n) is 1.02. The molecule has 0 aliphatic rings. The lowest BCUT2D eigenvalue weighted by molar-refractivity contribution is -0.117. The van der Waals surface area contributed by atoms with Gasteiger partial charge in [-0.2, -0.15) is 0 Å². The van der Waals surface area contributed by atoms with Gasteiger partial charge < -0.3 is 0 Å². The summed E-state index contributed by atoms with van der Waals surface area (Å²) in [5.41, 5.74) is 0. The molecule has 8 heteroatoms. The second-order valence-electron chi connectivity index (χ2n) is 3.73. The van der Waals surface area contributed by atoms with Crippen LogP contribution in [-0.2, 0) is 11.2 Å². The Labute approximate surface area is 108 Å². The molecule has 94 valence electrons. The molecule has 1 aromatic rings. The van der Waals surface area contributed by atoms with Crippen LogP contribution in [0.25, 0.3) is 0 Å². The summed E-state index contributed by atoms with van der Waals surface area (Å²) in [5.74, 6) is -0.346. The number of nitrogens with zero attached hydrogens (tertiary/aromatic N) is 2. The zero-order valence-electron chi connectivity index (χ0n) is 9.49. The van der Waals surface area contributed by atoms with E-state index in [1.165, 1.54) is 11.3 Å². The SMILES string of the molecule is CC(C)Cc1nnc(NC(=O)NC(=O)CCl)s1. The van der Waals surface area contributed by atoms with Crippen LogP contribution in [0.5, 0.6) is 0 Å². The molecule has 0 aromatic carbocycles. The van der Waals surface area contributed by atoms with E-state index in [-0.39, 0.29) is 5.88 Å². The van der Waals surface area contributed by atoms with E-state index in [1.807, 2.05) is 5.32 Å². The summed E-state index contributed by atoms with van der Waals surface area (Å²) in [6.45, 7) is 4.14. The topological polar surface area (TPSA) is 84.0 Å². The molecule has 0 atom stereocenters. The lowest BCUT2D eigenvalue weighted by atomic mass is 10.1. The Morgan fingerprint density at radius 3 is 2.71 bits per heavy atom. The number of nitrogens with one attached hydrogen (secondary N) is 2. The van der Waals surface area contributed by atoms with Crippen molar-refractivity contribution in [1.29, 1.82) is 0 Å². The zero-order valence-corrected chi connectivity index (χ0v) is 11.1. The fourth-order valence-corrected chi connectivity index (χ4v) is 2.04. The lowest BCUT2D eigenvalue weighted by Gasteiger charge is -2.00. The first-order chi connectivity index (χ1) is 8.01.